The minimum Gasteiger partial charge on any atom is -0.368 e. The quantitative estimate of drug-likeness (QED) is 0.699. The summed E-state index contributed by atoms with van der Waals surface area (Å²) < 4.78 is 0. The SMILES string of the molecule is NC(=O)[C@@]1(c2ccncc2)CCCN1. The number of hydrogen-bond donors (Lipinski definition) is 2. The van der Waals surface area contributed by atoms with Crippen molar-refractivity contribution in [1.29, 1.82) is 0 Å². The molecule has 2 heterocycles. The highest BCUT2D eigenvalue weighted by Crippen LogP contribution is 2.29. The van der Waals surface area contributed by atoms with E-state index in [-0.39, 0.29) is 5.91 Å². The van der Waals surface area contributed by atoms with E-state index < -0.39 is 5.54 Å². The molecule has 0 aliphatic carbocycles. The van der Waals surface area contributed by atoms with Crippen LogP contribution in [0.15, 0.2) is 24.5 Å². The van der Waals surface area contributed by atoms with Crippen molar-refractivity contribution in [2.24, 2.45) is 5.73 Å². The first-order chi connectivity index (χ1) is 6.76. The number of amides is 1. The molecule has 0 saturated carbocycles. The maximum Gasteiger partial charge on any atom is 0.242 e. The number of nitrogens with zero attached hydrogens (tertiary/aromatic N) is 1. The third-order valence-electron chi connectivity index (χ3n) is 2.75. The lowest BCUT2D eigenvalue weighted by Crippen LogP contribution is -2.48. The first-order valence-corrected chi connectivity index (χ1v) is 4.71. The van der Waals surface area contributed by atoms with Crippen molar-refractivity contribution in [2.45, 2.75) is 18.4 Å². The zero-order valence-electron chi connectivity index (χ0n) is 7.86. The Morgan fingerprint density at radius 3 is 2.71 bits per heavy atom. The van der Waals surface area contributed by atoms with Crippen LogP contribution >= 0.6 is 0 Å². The van der Waals surface area contributed by atoms with Gasteiger partial charge in [0.1, 0.15) is 5.54 Å². The van der Waals surface area contributed by atoms with Gasteiger partial charge in [-0.2, -0.15) is 0 Å². The number of nitrogens with two attached hydrogens (primary N) is 1. The summed E-state index contributed by atoms with van der Waals surface area (Å²) in [5, 5.41) is 3.18. The maximum absolute atomic E-state index is 11.5. The van der Waals surface area contributed by atoms with E-state index in [0.29, 0.717) is 0 Å². The molecule has 0 radical (unpaired) electrons. The van der Waals surface area contributed by atoms with Crippen molar-refractivity contribution < 1.29 is 4.79 Å². The molecule has 74 valence electrons. The van der Waals surface area contributed by atoms with Crippen LogP contribution in [-0.2, 0) is 10.3 Å². The number of rotatable bonds is 2. The summed E-state index contributed by atoms with van der Waals surface area (Å²) in [6.45, 7) is 0.839. The van der Waals surface area contributed by atoms with Gasteiger partial charge in [-0.1, -0.05) is 0 Å². The number of nitrogens with one attached hydrogen (secondary N) is 1. The fourth-order valence-electron chi connectivity index (χ4n) is 1.98. The van der Waals surface area contributed by atoms with E-state index in [1.807, 2.05) is 12.1 Å². The lowest BCUT2D eigenvalue weighted by molar-refractivity contribution is -0.124. The Bertz CT molecular complexity index is 330. The summed E-state index contributed by atoms with van der Waals surface area (Å²) in [7, 11) is 0. The molecular weight excluding hydrogens is 178 g/mol. The van der Waals surface area contributed by atoms with Gasteiger partial charge in [-0.05, 0) is 37.1 Å². The number of carbonyl (C=O) groups is 1. The monoisotopic (exact) mass is 191 g/mol. The van der Waals surface area contributed by atoms with Crippen molar-refractivity contribution in [1.82, 2.24) is 10.3 Å². The highest BCUT2D eigenvalue weighted by Gasteiger charge is 2.40. The van der Waals surface area contributed by atoms with Crippen molar-refractivity contribution in [3.63, 3.8) is 0 Å². The molecule has 1 saturated heterocycles. The summed E-state index contributed by atoms with van der Waals surface area (Å²) in [4.78, 5) is 15.4. The van der Waals surface area contributed by atoms with Gasteiger partial charge in [-0.25, -0.2) is 0 Å². The van der Waals surface area contributed by atoms with Crippen LogP contribution in [0.4, 0.5) is 0 Å². The zero-order valence-corrected chi connectivity index (χ0v) is 7.86. The first kappa shape index (κ1) is 9.15. The van der Waals surface area contributed by atoms with Gasteiger partial charge in [0.15, 0.2) is 0 Å². The number of hydrogen-bond acceptors (Lipinski definition) is 3. The highest BCUT2D eigenvalue weighted by atomic mass is 16.1. The Morgan fingerprint density at radius 1 is 1.50 bits per heavy atom. The third-order valence-corrected chi connectivity index (χ3v) is 2.75. The van der Waals surface area contributed by atoms with E-state index in [4.69, 9.17) is 5.73 Å². The number of aromatic nitrogens is 1. The van der Waals surface area contributed by atoms with Crippen LogP contribution in [0.3, 0.4) is 0 Å². The van der Waals surface area contributed by atoms with Crippen molar-refractivity contribution in [3.05, 3.63) is 30.1 Å². The molecular formula is C10H13N3O. The van der Waals surface area contributed by atoms with Crippen molar-refractivity contribution in [2.75, 3.05) is 6.54 Å². The molecule has 1 atom stereocenters. The molecule has 1 fully saturated rings. The standard InChI is InChI=1S/C10H13N3O/c11-9(14)10(4-1-5-13-10)8-2-6-12-7-3-8/h2-3,6-7,13H,1,4-5H2,(H2,11,14)/t10-/m0/s1. The third kappa shape index (κ3) is 1.28. The molecule has 1 aliphatic heterocycles. The van der Waals surface area contributed by atoms with Gasteiger partial charge in [0.2, 0.25) is 5.91 Å². The van der Waals surface area contributed by atoms with Crippen molar-refractivity contribution >= 4 is 5.91 Å². The summed E-state index contributed by atoms with van der Waals surface area (Å²) in [5.74, 6) is -0.304. The lowest BCUT2D eigenvalue weighted by Gasteiger charge is -2.25. The van der Waals surface area contributed by atoms with E-state index >= 15 is 0 Å². The highest BCUT2D eigenvalue weighted by molar-refractivity contribution is 5.86. The topological polar surface area (TPSA) is 68.0 Å². The van der Waals surface area contributed by atoms with E-state index in [0.717, 1.165) is 24.9 Å². The molecule has 0 spiro atoms. The van der Waals surface area contributed by atoms with Crippen LogP contribution in [0.5, 0.6) is 0 Å². The molecule has 0 bridgehead atoms. The van der Waals surface area contributed by atoms with E-state index in [9.17, 15) is 4.79 Å². The number of primary amides is 1. The van der Waals surface area contributed by atoms with Crippen LogP contribution in [0.1, 0.15) is 18.4 Å². The van der Waals surface area contributed by atoms with Crippen LogP contribution < -0.4 is 11.1 Å². The first-order valence-electron chi connectivity index (χ1n) is 4.71. The molecule has 4 nitrogen and oxygen atoms in total. The Hall–Kier alpha value is -1.42. The maximum atomic E-state index is 11.5. The van der Waals surface area contributed by atoms with E-state index in [2.05, 4.69) is 10.3 Å². The van der Waals surface area contributed by atoms with Gasteiger partial charge in [-0.3, -0.25) is 15.1 Å². The zero-order chi connectivity index (χ0) is 10.0. The van der Waals surface area contributed by atoms with Crippen molar-refractivity contribution in [3.8, 4) is 0 Å². The lowest BCUT2D eigenvalue weighted by atomic mass is 9.88. The second-order valence-electron chi connectivity index (χ2n) is 3.54. The van der Waals surface area contributed by atoms with Crippen LogP contribution in [0, 0.1) is 0 Å². The second kappa shape index (κ2) is 3.38. The number of carbonyl (C=O) groups excluding carboxylic acids is 1. The Balaban J connectivity index is 2.42. The molecule has 1 aromatic heterocycles. The van der Waals surface area contributed by atoms with E-state index in [1.54, 1.807) is 12.4 Å². The van der Waals surface area contributed by atoms with Gasteiger partial charge in [0.25, 0.3) is 0 Å². The average molecular weight is 191 g/mol. The summed E-state index contributed by atoms with van der Waals surface area (Å²) in [6, 6.07) is 3.67. The molecule has 1 aliphatic rings. The summed E-state index contributed by atoms with van der Waals surface area (Å²) in [6.07, 6.45) is 5.11. The number of pyridine rings is 1. The molecule has 14 heavy (non-hydrogen) atoms. The Kier molecular flexibility index (Phi) is 2.21. The smallest absolute Gasteiger partial charge is 0.242 e. The molecule has 4 heteroatoms. The normalized spacial score (nSPS) is 26.3. The Morgan fingerprint density at radius 2 is 2.21 bits per heavy atom. The average Bonchev–Trinajstić information content (AvgIpc) is 2.69. The molecule has 0 unspecified atom stereocenters. The van der Waals surface area contributed by atoms with E-state index in [1.165, 1.54) is 0 Å². The van der Waals surface area contributed by atoms with Gasteiger partial charge in [-0.15, -0.1) is 0 Å². The molecule has 1 aromatic rings. The van der Waals surface area contributed by atoms with Gasteiger partial charge in [0.05, 0.1) is 0 Å². The molecule has 0 aromatic carbocycles. The predicted molar refractivity (Wildman–Crippen MR) is 52.3 cm³/mol. The minimum absolute atomic E-state index is 0.304. The molecule has 1 amide bonds. The fraction of sp³-hybridized carbons (Fsp3) is 0.400. The predicted octanol–water partition coefficient (Wildman–Crippen LogP) is 0.146. The van der Waals surface area contributed by atoms with Crippen LogP contribution in [0.2, 0.25) is 0 Å². The fourth-order valence-corrected chi connectivity index (χ4v) is 1.98. The molecule has 3 N–H and O–H groups in total. The minimum atomic E-state index is -0.664. The largest absolute Gasteiger partial charge is 0.368 e. The van der Waals surface area contributed by atoms with Gasteiger partial charge < -0.3 is 5.73 Å². The van der Waals surface area contributed by atoms with Gasteiger partial charge >= 0.3 is 0 Å². The summed E-state index contributed by atoms with van der Waals surface area (Å²) >= 11 is 0. The Labute approximate surface area is 82.5 Å². The second-order valence-corrected chi connectivity index (χ2v) is 3.54. The van der Waals surface area contributed by atoms with Crippen LogP contribution in [-0.4, -0.2) is 17.4 Å². The molecule has 2 rings (SSSR count). The summed E-state index contributed by atoms with van der Waals surface area (Å²) in [5.41, 5.74) is 5.69. The van der Waals surface area contributed by atoms with Gasteiger partial charge in [0, 0.05) is 12.4 Å². The van der Waals surface area contributed by atoms with Crippen LogP contribution in [0.25, 0.3) is 0 Å².